The van der Waals surface area contributed by atoms with Crippen LogP contribution in [-0.4, -0.2) is 19.7 Å². The normalized spacial score (nSPS) is 13.9. The standard InChI is InChI=1S/C21H19N5/c1-26-19-8-7-15(10-17(19)13-23-26)18-11-16(14-5-6-14)12-21(24-18)25-20-4-2-3-9-22-20/h2-4,7-14H,5-6H2,1H3,(H,22,24,25). The molecule has 1 aliphatic rings. The Hall–Kier alpha value is -3.21. The molecule has 5 heteroatoms. The number of rotatable bonds is 4. The number of aromatic nitrogens is 4. The first kappa shape index (κ1) is 15.1. The fraction of sp³-hybridized carbons (Fsp3) is 0.190. The van der Waals surface area contributed by atoms with Gasteiger partial charge in [-0.25, -0.2) is 9.97 Å². The molecule has 5 nitrogen and oxygen atoms in total. The van der Waals surface area contributed by atoms with Crippen molar-refractivity contribution in [1.29, 1.82) is 0 Å². The fourth-order valence-electron chi connectivity index (χ4n) is 3.31. The minimum Gasteiger partial charge on any atom is -0.325 e. The van der Waals surface area contributed by atoms with Crippen LogP contribution in [0.25, 0.3) is 22.2 Å². The lowest BCUT2D eigenvalue weighted by molar-refractivity contribution is 0.797. The molecule has 1 saturated carbocycles. The van der Waals surface area contributed by atoms with E-state index < -0.39 is 0 Å². The maximum absolute atomic E-state index is 4.84. The third-order valence-corrected chi connectivity index (χ3v) is 4.86. The summed E-state index contributed by atoms with van der Waals surface area (Å²) in [5.74, 6) is 2.30. The van der Waals surface area contributed by atoms with E-state index in [9.17, 15) is 0 Å². The summed E-state index contributed by atoms with van der Waals surface area (Å²) in [6, 6.07) is 16.6. The highest BCUT2D eigenvalue weighted by Gasteiger charge is 2.25. The highest BCUT2D eigenvalue weighted by atomic mass is 15.2. The zero-order valence-corrected chi connectivity index (χ0v) is 14.6. The van der Waals surface area contributed by atoms with E-state index in [1.54, 1.807) is 6.20 Å². The van der Waals surface area contributed by atoms with Crippen molar-refractivity contribution >= 4 is 22.5 Å². The van der Waals surface area contributed by atoms with Gasteiger partial charge in [0.1, 0.15) is 11.6 Å². The SMILES string of the molecule is Cn1ncc2cc(-c3cc(C4CC4)cc(Nc4ccccn4)n3)ccc21. The van der Waals surface area contributed by atoms with Crippen LogP contribution in [0.15, 0.2) is 60.9 Å². The molecule has 3 aromatic heterocycles. The summed E-state index contributed by atoms with van der Waals surface area (Å²) >= 11 is 0. The number of nitrogens with zero attached hydrogens (tertiary/aromatic N) is 4. The molecule has 0 radical (unpaired) electrons. The van der Waals surface area contributed by atoms with Gasteiger partial charge < -0.3 is 5.32 Å². The van der Waals surface area contributed by atoms with Gasteiger partial charge in [0.25, 0.3) is 0 Å². The molecule has 1 fully saturated rings. The van der Waals surface area contributed by atoms with Gasteiger partial charge in [-0.05, 0) is 60.7 Å². The Morgan fingerprint density at radius 1 is 1.04 bits per heavy atom. The van der Waals surface area contributed by atoms with Crippen LogP contribution in [0.1, 0.15) is 24.3 Å². The second-order valence-corrected chi connectivity index (χ2v) is 6.83. The third kappa shape index (κ3) is 2.81. The van der Waals surface area contributed by atoms with Gasteiger partial charge in [-0.1, -0.05) is 12.1 Å². The van der Waals surface area contributed by atoms with Crippen LogP contribution < -0.4 is 5.32 Å². The van der Waals surface area contributed by atoms with Crippen LogP contribution in [0.2, 0.25) is 0 Å². The second-order valence-electron chi connectivity index (χ2n) is 6.83. The minimum atomic E-state index is 0.656. The molecule has 0 amide bonds. The highest BCUT2D eigenvalue weighted by Crippen LogP contribution is 2.42. The maximum atomic E-state index is 4.84. The van der Waals surface area contributed by atoms with E-state index in [2.05, 4.69) is 45.7 Å². The molecule has 0 spiro atoms. The van der Waals surface area contributed by atoms with Crippen molar-refractivity contribution in [3.8, 4) is 11.3 Å². The van der Waals surface area contributed by atoms with E-state index in [1.165, 1.54) is 18.4 Å². The summed E-state index contributed by atoms with van der Waals surface area (Å²) in [5, 5.41) is 8.80. The monoisotopic (exact) mass is 341 g/mol. The predicted molar refractivity (Wildman–Crippen MR) is 103 cm³/mol. The summed E-state index contributed by atoms with van der Waals surface area (Å²) in [4.78, 5) is 9.19. The first-order valence-electron chi connectivity index (χ1n) is 8.88. The van der Waals surface area contributed by atoms with E-state index in [1.807, 2.05) is 36.1 Å². The van der Waals surface area contributed by atoms with Gasteiger partial charge in [-0.3, -0.25) is 4.68 Å². The van der Waals surface area contributed by atoms with Crippen LogP contribution >= 0.6 is 0 Å². The van der Waals surface area contributed by atoms with Gasteiger partial charge in [0.15, 0.2) is 0 Å². The molecule has 1 aliphatic carbocycles. The molecule has 26 heavy (non-hydrogen) atoms. The smallest absolute Gasteiger partial charge is 0.132 e. The average Bonchev–Trinajstić information content (AvgIpc) is 3.46. The van der Waals surface area contributed by atoms with Crippen LogP contribution in [0.5, 0.6) is 0 Å². The number of hydrogen-bond acceptors (Lipinski definition) is 4. The minimum absolute atomic E-state index is 0.656. The molecule has 1 aromatic carbocycles. The largest absolute Gasteiger partial charge is 0.325 e. The zero-order valence-electron chi connectivity index (χ0n) is 14.6. The van der Waals surface area contributed by atoms with Crippen molar-refractivity contribution in [2.45, 2.75) is 18.8 Å². The molecule has 0 bridgehead atoms. The van der Waals surface area contributed by atoms with E-state index in [0.29, 0.717) is 5.92 Å². The molecule has 0 atom stereocenters. The number of anilines is 2. The van der Waals surface area contributed by atoms with Crippen LogP contribution in [-0.2, 0) is 7.05 Å². The number of fused-ring (bicyclic) bond motifs is 1. The van der Waals surface area contributed by atoms with Crippen LogP contribution in [0, 0.1) is 0 Å². The summed E-state index contributed by atoms with van der Waals surface area (Å²) in [7, 11) is 1.96. The molecular formula is C21H19N5. The molecular weight excluding hydrogens is 322 g/mol. The quantitative estimate of drug-likeness (QED) is 0.587. The zero-order chi connectivity index (χ0) is 17.5. The molecule has 4 aromatic rings. The summed E-state index contributed by atoms with van der Waals surface area (Å²) in [6.07, 6.45) is 6.20. The molecule has 5 rings (SSSR count). The number of aryl methyl sites for hydroxylation is 1. The van der Waals surface area contributed by atoms with Gasteiger partial charge in [0.2, 0.25) is 0 Å². The average molecular weight is 341 g/mol. The van der Waals surface area contributed by atoms with E-state index >= 15 is 0 Å². The van der Waals surface area contributed by atoms with Crippen molar-refractivity contribution in [2.24, 2.45) is 7.05 Å². The Bertz CT molecular complexity index is 1080. The van der Waals surface area contributed by atoms with Crippen molar-refractivity contribution in [3.63, 3.8) is 0 Å². The van der Waals surface area contributed by atoms with Crippen LogP contribution in [0.4, 0.5) is 11.6 Å². The van der Waals surface area contributed by atoms with Crippen LogP contribution in [0.3, 0.4) is 0 Å². The second kappa shape index (κ2) is 5.95. The molecule has 0 unspecified atom stereocenters. The summed E-state index contributed by atoms with van der Waals surface area (Å²) in [6.45, 7) is 0. The Labute approximate surface area is 151 Å². The first-order chi connectivity index (χ1) is 12.8. The fourth-order valence-corrected chi connectivity index (χ4v) is 3.31. The lowest BCUT2D eigenvalue weighted by atomic mass is 10.0. The van der Waals surface area contributed by atoms with Gasteiger partial charge in [-0.15, -0.1) is 0 Å². The van der Waals surface area contributed by atoms with Crippen molar-refractivity contribution in [2.75, 3.05) is 5.32 Å². The van der Waals surface area contributed by atoms with Crippen molar-refractivity contribution in [1.82, 2.24) is 19.7 Å². The third-order valence-electron chi connectivity index (χ3n) is 4.86. The van der Waals surface area contributed by atoms with Gasteiger partial charge in [-0.2, -0.15) is 5.10 Å². The number of pyridine rings is 2. The maximum Gasteiger partial charge on any atom is 0.132 e. The molecule has 1 N–H and O–H groups in total. The molecule has 0 aliphatic heterocycles. The predicted octanol–water partition coefficient (Wildman–Crippen LogP) is 4.65. The van der Waals surface area contributed by atoms with Gasteiger partial charge in [0, 0.05) is 24.2 Å². The Morgan fingerprint density at radius 3 is 2.77 bits per heavy atom. The number of hydrogen-bond donors (Lipinski definition) is 1. The summed E-state index contributed by atoms with van der Waals surface area (Å²) in [5.41, 5.74) is 4.56. The van der Waals surface area contributed by atoms with Crippen molar-refractivity contribution < 1.29 is 0 Å². The first-order valence-corrected chi connectivity index (χ1v) is 8.88. The number of nitrogens with one attached hydrogen (secondary N) is 1. The Kier molecular flexibility index (Phi) is 3.45. The molecule has 128 valence electrons. The molecule has 0 saturated heterocycles. The lowest BCUT2D eigenvalue weighted by Gasteiger charge is -2.10. The lowest BCUT2D eigenvalue weighted by Crippen LogP contribution is -1.98. The van der Waals surface area contributed by atoms with E-state index in [-0.39, 0.29) is 0 Å². The highest BCUT2D eigenvalue weighted by molar-refractivity contribution is 5.84. The van der Waals surface area contributed by atoms with Crippen molar-refractivity contribution in [3.05, 3.63) is 66.5 Å². The van der Waals surface area contributed by atoms with E-state index in [4.69, 9.17) is 4.98 Å². The Balaban J connectivity index is 1.58. The van der Waals surface area contributed by atoms with Gasteiger partial charge in [0.05, 0.1) is 17.4 Å². The number of benzene rings is 1. The molecule has 3 heterocycles. The Morgan fingerprint density at radius 2 is 1.96 bits per heavy atom. The van der Waals surface area contributed by atoms with Gasteiger partial charge >= 0.3 is 0 Å². The topological polar surface area (TPSA) is 55.6 Å². The van der Waals surface area contributed by atoms with E-state index in [0.717, 1.165) is 33.8 Å². The summed E-state index contributed by atoms with van der Waals surface area (Å²) < 4.78 is 1.89.